The summed E-state index contributed by atoms with van der Waals surface area (Å²) >= 11 is 6.00. The fourth-order valence-corrected chi connectivity index (χ4v) is 2.66. The number of aliphatic carboxylic acids is 1. The van der Waals surface area contributed by atoms with Gasteiger partial charge in [-0.25, -0.2) is 0 Å². The Balaban J connectivity index is 2.07. The van der Waals surface area contributed by atoms with Crippen molar-refractivity contribution in [1.82, 2.24) is 0 Å². The first-order chi connectivity index (χ1) is 8.52. The molecule has 1 saturated carbocycles. The third-order valence-electron chi connectivity index (χ3n) is 3.62. The Hall–Kier alpha value is -1.22. The second-order valence-corrected chi connectivity index (χ2v) is 5.40. The maximum atomic E-state index is 10.8. The molecule has 0 spiro atoms. The normalized spacial score (nSPS) is 23.5. The van der Waals surface area contributed by atoms with Crippen LogP contribution in [0.25, 0.3) is 0 Å². The van der Waals surface area contributed by atoms with Crippen LogP contribution in [0.15, 0.2) is 18.2 Å². The van der Waals surface area contributed by atoms with E-state index in [0.29, 0.717) is 10.9 Å². The molecule has 1 fully saturated rings. The fraction of sp³-hybridized carbons (Fsp3) is 0.500. The predicted octanol–water partition coefficient (Wildman–Crippen LogP) is 3.56. The second-order valence-electron chi connectivity index (χ2n) is 4.96. The van der Waals surface area contributed by atoms with E-state index in [9.17, 15) is 4.79 Å². The van der Waals surface area contributed by atoms with Gasteiger partial charge in [-0.2, -0.15) is 0 Å². The number of benzene rings is 1. The predicted molar refractivity (Wildman–Crippen MR) is 70.3 cm³/mol. The van der Waals surface area contributed by atoms with E-state index in [1.165, 1.54) is 0 Å². The first-order valence-corrected chi connectivity index (χ1v) is 6.47. The van der Waals surface area contributed by atoms with E-state index in [-0.39, 0.29) is 11.8 Å². The van der Waals surface area contributed by atoms with Gasteiger partial charge in [0, 0.05) is 5.02 Å². The van der Waals surface area contributed by atoms with E-state index < -0.39 is 5.97 Å². The first kappa shape index (κ1) is 13.2. The van der Waals surface area contributed by atoms with Gasteiger partial charge in [-0.3, -0.25) is 4.79 Å². The molecule has 0 aromatic heterocycles. The highest BCUT2D eigenvalue weighted by molar-refractivity contribution is 6.30. The molecule has 0 radical (unpaired) electrons. The standard InChI is InChI=1S/C14H17ClO3/c1-8(5-9-6-12(9)14(16)17)11-7-10(15)3-4-13(11)18-2/h3-4,7-9,12H,5-6H2,1-2H3,(H,16,17). The van der Waals surface area contributed by atoms with Crippen molar-refractivity contribution in [2.45, 2.75) is 25.7 Å². The molecule has 4 heteroatoms. The Kier molecular flexibility index (Phi) is 3.81. The van der Waals surface area contributed by atoms with Crippen LogP contribution in [-0.4, -0.2) is 18.2 Å². The smallest absolute Gasteiger partial charge is 0.306 e. The molecule has 0 saturated heterocycles. The van der Waals surface area contributed by atoms with Gasteiger partial charge in [0.05, 0.1) is 13.0 Å². The molecule has 0 heterocycles. The summed E-state index contributed by atoms with van der Waals surface area (Å²) in [6, 6.07) is 5.56. The number of halogens is 1. The topological polar surface area (TPSA) is 46.5 Å². The number of ether oxygens (including phenoxy) is 1. The summed E-state index contributed by atoms with van der Waals surface area (Å²) in [7, 11) is 1.64. The van der Waals surface area contributed by atoms with E-state index in [1.807, 2.05) is 12.1 Å². The molecular formula is C14H17ClO3. The summed E-state index contributed by atoms with van der Waals surface area (Å²) in [6.07, 6.45) is 1.66. The summed E-state index contributed by atoms with van der Waals surface area (Å²) in [6.45, 7) is 2.09. The Morgan fingerprint density at radius 3 is 2.89 bits per heavy atom. The number of rotatable bonds is 5. The van der Waals surface area contributed by atoms with Crippen molar-refractivity contribution in [3.63, 3.8) is 0 Å². The third-order valence-corrected chi connectivity index (χ3v) is 3.85. The van der Waals surface area contributed by atoms with Crippen molar-refractivity contribution in [2.75, 3.05) is 7.11 Å². The molecule has 1 aliphatic carbocycles. The lowest BCUT2D eigenvalue weighted by molar-refractivity contribution is -0.138. The molecule has 0 bridgehead atoms. The molecule has 1 aromatic carbocycles. The molecule has 98 valence electrons. The number of carbonyl (C=O) groups is 1. The largest absolute Gasteiger partial charge is 0.496 e. The first-order valence-electron chi connectivity index (χ1n) is 6.09. The van der Waals surface area contributed by atoms with Gasteiger partial charge < -0.3 is 9.84 Å². The summed E-state index contributed by atoms with van der Waals surface area (Å²) in [5.41, 5.74) is 1.06. The van der Waals surface area contributed by atoms with Crippen LogP contribution in [0.2, 0.25) is 5.02 Å². The second kappa shape index (κ2) is 5.19. The third kappa shape index (κ3) is 2.78. The molecule has 1 aromatic rings. The van der Waals surface area contributed by atoms with Gasteiger partial charge in [0.2, 0.25) is 0 Å². The molecular weight excluding hydrogens is 252 g/mol. The molecule has 1 N–H and O–H groups in total. The van der Waals surface area contributed by atoms with Crippen LogP contribution in [0.5, 0.6) is 5.75 Å². The number of hydrogen-bond acceptors (Lipinski definition) is 2. The van der Waals surface area contributed by atoms with Crippen LogP contribution in [0.1, 0.15) is 31.2 Å². The highest BCUT2D eigenvalue weighted by Crippen LogP contribution is 2.46. The van der Waals surface area contributed by atoms with Gasteiger partial charge in [0.15, 0.2) is 0 Å². The number of methoxy groups -OCH3 is 1. The van der Waals surface area contributed by atoms with Crippen LogP contribution < -0.4 is 4.74 Å². The van der Waals surface area contributed by atoms with E-state index in [0.717, 1.165) is 24.2 Å². The van der Waals surface area contributed by atoms with Gasteiger partial charge in [0.1, 0.15) is 5.75 Å². The highest BCUT2D eigenvalue weighted by Gasteiger charge is 2.43. The summed E-state index contributed by atoms with van der Waals surface area (Å²) in [4.78, 5) is 10.8. The molecule has 1 aliphatic rings. The molecule has 18 heavy (non-hydrogen) atoms. The van der Waals surface area contributed by atoms with Gasteiger partial charge in [-0.05, 0) is 48.4 Å². The Bertz CT molecular complexity index is 458. The average molecular weight is 269 g/mol. The van der Waals surface area contributed by atoms with E-state index in [4.69, 9.17) is 21.4 Å². The molecule has 3 unspecified atom stereocenters. The van der Waals surface area contributed by atoms with E-state index in [2.05, 4.69) is 6.92 Å². The van der Waals surface area contributed by atoms with E-state index >= 15 is 0 Å². The van der Waals surface area contributed by atoms with E-state index in [1.54, 1.807) is 13.2 Å². The zero-order chi connectivity index (χ0) is 13.3. The maximum Gasteiger partial charge on any atom is 0.306 e. The minimum Gasteiger partial charge on any atom is -0.496 e. The molecule has 3 atom stereocenters. The number of carboxylic acids is 1. The highest BCUT2D eigenvalue weighted by atomic mass is 35.5. The zero-order valence-electron chi connectivity index (χ0n) is 10.5. The van der Waals surface area contributed by atoms with Crippen molar-refractivity contribution < 1.29 is 14.6 Å². The number of hydrogen-bond donors (Lipinski definition) is 1. The molecule has 0 amide bonds. The minimum absolute atomic E-state index is 0.155. The van der Waals surface area contributed by atoms with Gasteiger partial charge >= 0.3 is 5.97 Å². The lowest BCUT2D eigenvalue weighted by atomic mass is 9.94. The zero-order valence-corrected chi connectivity index (χ0v) is 11.3. The summed E-state index contributed by atoms with van der Waals surface area (Å²) in [5.74, 6) is 0.538. The fourth-order valence-electron chi connectivity index (χ4n) is 2.48. The quantitative estimate of drug-likeness (QED) is 0.888. The SMILES string of the molecule is COc1ccc(Cl)cc1C(C)CC1CC1C(=O)O. The Labute approximate surface area is 112 Å². The van der Waals surface area contributed by atoms with Crippen LogP contribution in [0.3, 0.4) is 0 Å². The van der Waals surface area contributed by atoms with Crippen LogP contribution in [0, 0.1) is 11.8 Å². The van der Waals surface area contributed by atoms with Crippen LogP contribution in [0.4, 0.5) is 0 Å². The monoisotopic (exact) mass is 268 g/mol. The maximum absolute atomic E-state index is 10.8. The van der Waals surface area contributed by atoms with Gasteiger partial charge in [0.25, 0.3) is 0 Å². The van der Waals surface area contributed by atoms with Crippen LogP contribution in [-0.2, 0) is 4.79 Å². The van der Waals surface area contributed by atoms with Gasteiger partial charge in [-0.15, -0.1) is 0 Å². The van der Waals surface area contributed by atoms with Gasteiger partial charge in [-0.1, -0.05) is 18.5 Å². The lowest BCUT2D eigenvalue weighted by Crippen LogP contribution is -2.03. The summed E-state index contributed by atoms with van der Waals surface area (Å²) < 4.78 is 5.32. The average Bonchev–Trinajstić information content (AvgIpc) is 3.08. The minimum atomic E-state index is -0.676. The van der Waals surface area contributed by atoms with Crippen molar-refractivity contribution >= 4 is 17.6 Å². The Morgan fingerprint density at radius 1 is 1.61 bits per heavy atom. The molecule has 3 nitrogen and oxygen atoms in total. The van der Waals surface area contributed by atoms with Crippen molar-refractivity contribution in [3.8, 4) is 5.75 Å². The summed E-state index contributed by atoms with van der Waals surface area (Å²) in [5, 5.41) is 9.59. The van der Waals surface area contributed by atoms with Crippen molar-refractivity contribution in [3.05, 3.63) is 28.8 Å². The van der Waals surface area contributed by atoms with Crippen molar-refractivity contribution in [1.29, 1.82) is 0 Å². The molecule has 2 rings (SSSR count). The number of carboxylic acid groups (broad SMARTS) is 1. The molecule has 0 aliphatic heterocycles. The Morgan fingerprint density at radius 2 is 2.33 bits per heavy atom. The van der Waals surface area contributed by atoms with Crippen molar-refractivity contribution in [2.24, 2.45) is 11.8 Å². The van der Waals surface area contributed by atoms with Crippen LogP contribution >= 0.6 is 11.6 Å². The lowest BCUT2D eigenvalue weighted by Gasteiger charge is -2.15.